The molecule has 3 rings (SSSR count). The maximum absolute atomic E-state index is 12.4. The number of rotatable bonds is 5. The number of carbonyl (C=O) groups excluding carboxylic acids is 1. The van der Waals surface area contributed by atoms with Crippen molar-refractivity contribution in [3.63, 3.8) is 0 Å². The van der Waals surface area contributed by atoms with Gasteiger partial charge < -0.3 is 20.1 Å². The second-order valence-electron chi connectivity index (χ2n) is 7.23. The van der Waals surface area contributed by atoms with Gasteiger partial charge >= 0.3 is 12.0 Å². The van der Waals surface area contributed by atoms with Gasteiger partial charge in [-0.2, -0.15) is 0 Å². The van der Waals surface area contributed by atoms with Gasteiger partial charge in [-0.1, -0.05) is 24.1 Å². The minimum absolute atomic E-state index is 0.0904. The number of nitrogens with zero attached hydrogens (tertiary/aromatic N) is 1. The highest BCUT2D eigenvalue weighted by atomic mass is 16.5. The smallest absolute Gasteiger partial charge is 0.317 e. The lowest BCUT2D eigenvalue weighted by Crippen LogP contribution is -2.42. The summed E-state index contributed by atoms with van der Waals surface area (Å²) in [7, 11) is 1.64. The molecule has 1 aromatic carbocycles. The topological polar surface area (TPSA) is 78.9 Å². The van der Waals surface area contributed by atoms with Gasteiger partial charge in [-0.15, -0.1) is 0 Å². The van der Waals surface area contributed by atoms with Crippen LogP contribution in [-0.2, 0) is 11.2 Å². The molecule has 1 saturated carbocycles. The fraction of sp³-hybridized carbons (Fsp3) is 0.579. The number of benzene rings is 1. The normalized spacial score (nSPS) is 24.9. The molecule has 1 heterocycles. The number of hydrogen-bond acceptors (Lipinski definition) is 3. The molecule has 2 aliphatic rings. The van der Waals surface area contributed by atoms with E-state index in [2.05, 4.69) is 11.4 Å². The number of aryl methyl sites for hydroxylation is 1. The van der Waals surface area contributed by atoms with Gasteiger partial charge in [0.15, 0.2) is 0 Å². The van der Waals surface area contributed by atoms with Crippen LogP contribution in [-0.4, -0.2) is 48.8 Å². The number of likely N-dealkylation sites (tertiary alicyclic amines) is 1. The molecule has 136 valence electrons. The van der Waals surface area contributed by atoms with E-state index < -0.39 is 11.4 Å². The molecule has 6 heteroatoms. The predicted molar refractivity (Wildman–Crippen MR) is 93.8 cm³/mol. The summed E-state index contributed by atoms with van der Waals surface area (Å²) in [4.78, 5) is 25.8. The summed E-state index contributed by atoms with van der Waals surface area (Å²) in [5.41, 5.74) is 1.48. The van der Waals surface area contributed by atoms with Gasteiger partial charge in [-0.25, -0.2) is 4.79 Å². The number of ether oxygens (including phenoxy) is 1. The van der Waals surface area contributed by atoms with Crippen molar-refractivity contribution in [1.82, 2.24) is 10.2 Å². The first-order valence-electron chi connectivity index (χ1n) is 8.86. The van der Waals surface area contributed by atoms with Crippen molar-refractivity contribution in [2.75, 3.05) is 26.7 Å². The van der Waals surface area contributed by atoms with Crippen LogP contribution in [0.1, 0.15) is 30.4 Å². The van der Waals surface area contributed by atoms with E-state index >= 15 is 0 Å². The monoisotopic (exact) mass is 346 g/mol. The number of amides is 2. The van der Waals surface area contributed by atoms with Crippen LogP contribution in [0.5, 0.6) is 5.75 Å². The molecule has 1 saturated heterocycles. The van der Waals surface area contributed by atoms with Crippen LogP contribution in [0.2, 0.25) is 0 Å². The molecule has 0 unspecified atom stereocenters. The Bertz CT molecular complexity index is 675. The SMILES string of the molecule is COc1ccc(C)cc1CCNC(=O)N1C[C@@H]2CCC[C@@]2(C(=O)O)C1. The summed E-state index contributed by atoms with van der Waals surface area (Å²) in [6.07, 6.45) is 3.20. The van der Waals surface area contributed by atoms with Gasteiger partial charge in [-0.3, -0.25) is 4.79 Å². The van der Waals surface area contributed by atoms with Crippen LogP contribution in [0.4, 0.5) is 4.79 Å². The lowest BCUT2D eigenvalue weighted by molar-refractivity contribution is -0.149. The molecule has 1 aromatic rings. The third-order valence-electron chi connectivity index (χ3n) is 5.69. The van der Waals surface area contributed by atoms with Crippen LogP contribution >= 0.6 is 0 Å². The van der Waals surface area contributed by atoms with E-state index in [1.54, 1.807) is 12.0 Å². The maximum Gasteiger partial charge on any atom is 0.317 e. The van der Waals surface area contributed by atoms with Gasteiger partial charge in [0, 0.05) is 19.6 Å². The zero-order chi connectivity index (χ0) is 18.0. The number of carboxylic acids is 1. The first-order chi connectivity index (χ1) is 12.0. The predicted octanol–water partition coefficient (Wildman–Crippen LogP) is 2.44. The molecule has 0 bridgehead atoms. The molecular weight excluding hydrogens is 320 g/mol. The first kappa shape index (κ1) is 17.6. The standard InChI is InChI=1S/C19H26N2O4/c1-13-5-6-16(25-2)14(10-13)7-9-20-18(24)21-11-15-4-3-8-19(15,12-21)17(22)23/h5-6,10,15H,3-4,7-9,11-12H2,1-2H3,(H,20,24)(H,22,23)/t15-,19+/m0/s1. The lowest BCUT2D eigenvalue weighted by atomic mass is 9.81. The van der Waals surface area contributed by atoms with Gasteiger partial charge in [0.2, 0.25) is 0 Å². The highest BCUT2D eigenvalue weighted by molar-refractivity contribution is 5.80. The third kappa shape index (κ3) is 3.30. The van der Waals surface area contributed by atoms with Gasteiger partial charge in [-0.05, 0) is 43.7 Å². The number of urea groups is 1. The van der Waals surface area contributed by atoms with Crippen LogP contribution < -0.4 is 10.1 Å². The Kier molecular flexibility index (Phi) is 4.88. The van der Waals surface area contributed by atoms with Crippen molar-refractivity contribution < 1.29 is 19.4 Å². The molecule has 2 N–H and O–H groups in total. The van der Waals surface area contributed by atoms with Gasteiger partial charge in [0.05, 0.1) is 12.5 Å². The average Bonchev–Trinajstić information content (AvgIpc) is 3.13. The van der Waals surface area contributed by atoms with Crippen molar-refractivity contribution in [2.24, 2.45) is 11.3 Å². The fourth-order valence-corrected chi connectivity index (χ4v) is 4.31. The molecule has 0 radical (unpaired) electrons. The Balaban J connectivity index is 1.56. The molecule has 2 amide bonds. The van der Waals surface area contributed by atoms with E-state index in [0.29, 0.717) is 32.5 Å². The number of nitrogens with one attached hydrogen (secondary N) is 1. The van der Waals surface area contributed by atoms with E-state index in [1.165, 1.54) is 0 Å². The molecular formula is C19H26N2O4. The number of carbonyl (C=O) groups is 2. The van der Waals surface area contributed by atoms with E-state index in [9.17, 15) is 14.7 Å². The quantitative estimate of drug-likeness (QED) is 0.858. The molecule has 0 aromatic heterocycles. The van der Waals surface area contributed by atoms with E-state index in [4.69, 9.17) is 4.74 Å². The minimum Gasteiger partial charge on any atom is -0.496 e. The number of hydrogen-bond donors (Lipinski definition) is 2. The maximum atomic E-state index is 12.4. The van der Waals surface area contributed by atoms with Crippen LogP contribution in [0.3, 0.4) is 0 Å². The summed E-state index contributed by atoms with van der Waals surface area (Å²) in [6, 6.07) is 5.83. The van der Waals surface area contributed by atoms with Crippen molar-refractivity contribution in [2.45, 2.75) is 32.6 Å². The molecule has 6 nitrogen and oxygen atoms in total. The van der Waals surface area contributed by atoms with E-state index in [1.807, 2.05) is 19.1 Å². The van der Waals surface area contributed by atoms with Crippen LogP contribution in [0, 0.1) is 18.3 Å². The van der Waals surface area contributed by atoms with E-state index in [0.717, 1.165) is 29.7 Å². The number of fused-ring (bicyclic) bond motifs is 1. The Labute approximate surface area is 148 Å². The summed E-state index contributed by atoms with van der Waals surface area (Å²) in [6.45, 7) is 3.40. The van der Waals surface area contributed by atoms with Crippen LogP contribution in [0.15, 0.2) is 18.2 Å². The van der Waals surface area contributed by atoms with Crippen molar-refractivity contribution in [3.8, 4) is 5.75 Å². The molecule has 2 fully saturated rings. The highest BCUT2D eigenvalue weighted by Crippen LogP contribution is 2.48. The summed E-state index contributed by atoms with van der Waals surface area (Å²) in [5, 5.41) is 12.5. The molecule has 1 aliphatic carbocycles. The zero-order valence-corrected chi connectivity index (χ0v) is 14.9. The fourth-order valence-electron chi connectivity index (χ4n) is 4.31. The molecule has 2 atom stereocenters. The third-order valence-corrected chi connectivity index (χ3v) is 5.69. The van der Waals surface area contributed by atoms with Crippen molar-refractivity contribution in [1.29, 1.82) is 0 Å². The Morgan fingerprint density at radius 3 is 2.92 bits per heavy atom. The Morgan fingerprint density at radius 1 is 1.44 bits per heavy atom. The Hall–Kier alpha value is -2.24. The van der Waals surface area contributed by atoms with Gasteiger partial charge in [0.25, 0.3) is 0 Å². The minimum atomic E-state index is -0.755. The van der Waals surface area contributed by atoms with Gasteiger partial charge in [0.1, 0.15) is 5.75 Å². The summed E-state index contributed by atoms with van der Waals surface area (Å²) >= 11 is 0. The second-order valence-corrected chi connectivity index (χ2v) is 7.23. The highest BCUT2D eigenvalue weighted by Gasteiger charge is 2.55. The first-order valence-corrected chi connectivity index (χ1v) is 8.86. The molecule has 25 heavy (non-hydrogen) atoms. The number of carboxylic acid groups (broad SMARTS) is 1. The summed E-state index contributed by atoms with van der Waals surface area (Å²) in [5.74, 6) is 0.155. The average molecular weight is 346 g/mol. The second kappa shape index (κ2) is 6.94. The largest absolute Gasteiger partial charge is 0.496 e. The molecule has 1 aliphatic heterocycles. The van der Waals surface area contributed by atoms with Crippen molar-refractivity contribution in [3.05, 3.63) is 29.3 Å². The van der Waals surface area contributed by atoms with Crippen molar-refractivity contribution >= 4 is 12.0 Å². The number of aliphatic carboxylic acids is 1. The van der Waals surface area contributed by atoms with Crippen LogP contribution in [0.25, 0.3) is 0 Å². The van der Waals surface area contributed by atoms with E-state index in [-0.39, 0.29) is 11.9 Å². The molecule has 0 spiro atoms. The zero-order valence-electron chi connectivity index (χ0n) is 14.9. The summed E-state index contributed by atoms with van der Waals surface area (Å²) < 4.78 is 5.36. The lowest BCUT2D eigenvalue weighted by Gasteiger charge is -2.23. The number of methoxy groups -OCH3 is 1. The Morgan fingerprint density at radius 2 is 2.24 bits per heavy atom.